The van der Waals surface area contributed by atoms with E-state index in [1.165, 1.54) is 11.3 Å². The zero-order valence-electron chi connectivity index (χ0n) is 12.5. The van der Waals surface area contributed by atoms with E-state index >= 15 is 0 Å². The first-order valence-corrected chi connectivity index (χ1v) is 8.42. The standard InChI is InChI=1S/C16H16ClN3O2S/c1-9(10-2-4-13-11(6-10)7-15(21)20-13)19-16(22)18-8-12-3-5-14(17)23-12/h2-6,9H,7-8H2,1H3,(H,20,21)(H2,18,19,22)/t9-/m0/s1. The average Bonchev–Trinajstić information content (AvgIpc) is 3.08. The van der Waals surface area contributed by atoms with Gasteiger partial charge in [0.25, 0.3) is 0 Å². The first-order chi connectivity index (χ1) is 11.0. The van der Waals surface area contributed by atoms with Crippen LogP contribution < -0.4 is 16.0 Å². The van der Waals surface area contributed by atoms with Gasteiger partial charge in [-0.05, 0) is 36.2 Å². The Morgan fingerprint density at radius 2 is 2.22 bits per heavy atom. The summed E-state index contributed by atoms with van der Waals surface area (Å²) in [6, 6.07) is 9.05. The van der Waals surface area contributed by atoms with E-state index in [9.17, 15) is 9.59 Å². The number of carbonyl (C=O) groups excluding carboxylic acids is 2. The summed E-state index contributed by atoms with van der Waals surface area (Å²) in [5.41, 5.74) is 2.79. The number of thiophene rings is 1. The largest absolute Gasteiger partial charge is 0.333 e. The second-order valence-corrected chi connectivity index (χ2v) is 7.20. The summed E-state index contributed by atoms with van der Waals surface area (Å²) in [5, 5.41) is 8.50. The van der Waals surface area contributed by atoms with Gasteiger partial charge in [-0.1, -0.05) is 23.7 Å². The highest BCUT2D eigenvalue weighted by atomic mass is 35.5. The summed E-state index contributed by atoms with van der Waals surface area (Å²) in [6.07, 6.45) is 0.390. The molecular weight excluding hydrogens is 334 g/mol. The highest BCUT2D eigenvalue weighted by Gasteiger charge is 2.19. The van der Waals surface area contributed by atoms with E-state index in [4.69, 9.17) is 11.6 Å². The summed E-state index contributed by atoms with van der Waals surface area (Å²) in [5.74, 6) is 0.00474. The topological polar surface area (TPSA) is 70.2 Å². The van der Waals surface area contributed by atoms with Gasteiger partial charge in [0, 0.05) is 10.6 Å². The maximum Gasteiger partial charge on any atom is 0.315 e. The van der Waals surface area contributed by atoms with Gasteiger partial charge < -0.3 is 16.0 Å². The first kappa shape index (κ1) is 15.8. The highest BCUT2D eigenvalue weighted by molar-refractivity contribution is 7.16. The molecule has 1 atom stereocenters. The number of amides is 3. The van der Waals surface area contributed by atoms with Crippen molar-refractivity contribution in [3.8, 4) is 0 Å². The van der Waals surface area contributed by atoms with Crippen LogP contribution in [0, 0.1) is 0 Å². The molecule has 1 aliphatic heterocycles. The van der Waals surface area contributed by atoms with E-state index in [1.807, 2.05) is 37.3 Å². The summed E-state index contributed by atoms with van der Waals surface area (Å²) in [4.78, 5) is 24.4. The van der Waals surface area contributed by atoms with Crippen molar-refractivity contribution in [1.82, 2.24) is 10.6 Å². The number of hydrogen-bond acceptors (Lipinski definition) is 3. The molecule has 1 aliphatic rings. The van der Waals surface area contributed by atoms with E-state index in [0.717, 1.165) is 21.7 Å². The fraction of sp³-hybridized carbons (Fsp3) is 0.250. The molecule has 0 saturated carbocycles. The van der Waals surface area contributed by atoms with Gasteiger partial charge >= 0.3 is 6.03 Å². The summed E-state index contributed by atoms with van der Waals surface area (Å²) in [6.45, 7) is 2.35. The number of carbonyl (C=O) groups is 2. The lowest BCUT2D eigenvalue weighted by Crippen LogP contribution is -2.36. The van der Waals surface area contributed by atoms with Crippen LogP contribution in [0.25, 0.3) is 0 Å². The average molecular weight is 350 g/mol. The van der Waals surface area contributed by atoms with Gasteiger partial charge in [0.15, 0.2) is 0 Å². The zero-order chi connectivity index (χ0) is 16.4. The Kier molecular flexibility index (Phi) is 4.54. The van der Waals surface area contributed by atoms with Crippen molar-refractivity contribution in [2.45, 2.75) is 25.9 Å². The molecule has 1 aromatic carbocycles. The summed E-state index contributed by atoms with van der Waals surface area (Å²) < 4.78 is 0.705. The predicted octanol–water partition coefficient (Wildman–Crippen LogP) is 3.46. The molecule has 0 aliphatic carbocycles. The number of fused-ring (bicyclic) bond motifs is 1. The lowest BCUT2D eigenvalue weighted by Gasteiger charge is -2.15. The minimum absolute atomic E-state index is 0.00474. The van der Waals surface area contributed by atoms with Crippen molar-refractivity contribution < 1.29 is 9.59 Å². The molecule has 120 valence electrons. The van der Waals surface area contributed by atoms with Crippen molar-refractivity contribution in [2.75, 3.05) is 5.32 Å². The monoisotopic (exact) mass is 349 g/mol. The number of nitrogens with one attached hydrogen (secondary N) is 3. The fourth-order valence-corrected chi connectivity index (χ4v) is 3.49. The van der Waals surface area contributed by atoms with Gasteiger partial charge in [-0.3, -0.25) is 4.79 Å². The second-order valence-electron chi connectivity index (χ2n) is 5.40. The van der Waals surface area contributed by atoms with Gasteiger partial charge in [-0.15, -0.1) is 11.3 Å². The normalized spacial score (nSPS) is 14.1. The molecule has 0 bridgehead atoms. The molecule has 7 heteroatoms. The molecule has 23 heavy (non-hydrogen) atoms. The van der Waals surface area contributed by atoms with Gasteiger partial charge in [0.05, 0.1) is 23.3 Å². The molecule has 3 rings (SSSR count). The van der Waals surface area contributed by atoms with Crippen LogP contribution in [0.1, 0.15) is 29.0 Å². The maximum atomic E-state index is 12.0. The Balaban J connectivity index is 1.56. The molecule has 2 heterocycles. The van der Waals surface area contributed by atoms with Crippen molar-refractivity contribution >= 4 is 40.6 Å². The molecule has 2 aromatic rings. The van der Waals surface area contributed by atoms with E-state index in [1.54, 1.807) is 0 Å². The third kappa shape index (κ3) is 3.83. The van der Waals surface area contributed by atoms with Crippen LogP contribution in [0.4, 0.5) is 10.5 Å². The molecule has 0 spiro atoms. The fourth-order valence-electron chi connectivity index (χ4n) is 2.46. The third-order valence-corrected chi connectivity index (χ3v) is 4.89. The van der Waals surface area contributed by atoms with Gasteiger partial charge in [0.1, 0.15) is 0 Å². The van der Waals surface area contributed by atoms with E-state index < -0.39 is 0 Å². The molecule has 0 saturated heterocycles. The Morgan fingerprint density at radius 3 is 2.96 bits per heavy atom. The molecule has 0 radical (unpaired) electrons. The minimum Gasteiger partial charge on any atom is -0.333 e. The van der Waals surface area contributed by atoms with Crippen LogP contribution in [-0.4, -0.2) is 11.9 Å². The smallest absolute Gasteiger partial charge is 0.315 e. The quantitative estimate of drug-likeness (QED) is 0.791. The molecule has 5 nitrogen and oxygen atoms in total. The highest BCUT2D eigenvalue weighted by Crippen LogP contribution is 2.26. The van der Waals surface area contributed by atoms with Crippen molar-refractivity contribution in [2.24, 2.45) is 0 Å². The van der Waals surface area contributed by atoms with Crippen LogP contribution in [0.15, 0.2) is 30.3 Å². The van der Waals surface area contributed by atoms with Gasteiger partial charge in [-0.2, -0.15) is 0 Å². The minimum atomic E-state index is -0.239. The predicted molar refractivity (Wildman–Crippen MR) is 91.9 cm³/mol. The van der Waals surface area contributed by atoms with E-state index in [2.05, 4.69) is 16.0 Å². The number of benzene rings is 1. The van der Waals surface area contributed by atoms with Crippen LogP contribution in [0.3, 0.4) is 0 Å². The molecule has 0 fully saturated rings. The van der Waals surface area contributed by atoms with Crippen LogP contribution in [-0.2, 0) is 17.8 Å². The molecule has 3 amide bonds. The van der Waals surface area contributed by atoms with Gasteiger partial charge in [-0.25, -0.2) is 4.79 Å². The van der Waals surface area contributed by atoms with E-state index in [0.29, 0.717) is 17.3 Å². The van der Waals surface area contributed by atoms with Crippen LogP contribution >= 0.6 is 22.9 Å². The summed E-state index contributed by atoms with van der Waals surface area (Å²) >= 11 is 7.30. The number of urea groups is 1. The number of halogens is 1. The third-order valence-electron chi connectivity index (χ3n) is 3.65. The maximum absolute atomic E-state index is 12.0. The first-order valence-electron chi connectivity index (χ1n) is 7.22. The number of hydrogen-bond donors (Lipinski definition) is 3. The van der Waals surface area contributed by atoms with Crippen LogP contribution in [0.5, 0.6) is 0 Å². The molecule has 3 N–H and O–H groups in total. The lowest BCUT2D eigenvalue weighted by molar-refractivity contribution is -0.115. The van der Waals surface area contributed by atoms with Gasteiger partial charge in [0.2, 0.25) is 5.91 Å². The SMILES string of the molecule is C[C@H](NC(=O)NCc1ccc(Cl)s1)c1ccc2c(c1)CC(=O)N2. The zero-order valence-corrected chi connectivity index (χ0v) is 14.1. The van der Waals surface area contributed by atoms with E-state index in [-0.39, 0.29) is 18.0 Å². The number of rotatable bonds is 4. The number of anilines is 1. The van der Waals surface area contributed by atoms with Crippen molar-refractivity contribution in [3.63, 3.8) is 0 Å². The Bertz CT molecular complexity index is 760. The summed E-state index contributed by atoms with van der Waals surface area (Å²) in [7, 11) is 0. The Hall–Kier alpha value is -2.05. The second kappa shape index (κ2) is 6.60. The Labute approximate surface area is 143 Å². The van der Waals surface area contributed by atoms with Crippen molar-refractivity contribution in [3.05, 3.63) is 50.7 Å². The lowest BCUT2D eigenvalue weighted by atomic mass is 10.0. The molecule has 1 aromatic heterocycles. The van der Waals surface area contributed by atoms with Crippen molar-refractivity contribution in [1.29, 1.82) is 0 Å². The Morgan fingerprint density at radius 1 is 1.39 bits per heavy atom. The van der Waals surface area contributed by atoms with Crippen LogP contribution in [0.2, 0.25) is 4.34 Å². The molecule has 0 unspecified atom stereocenters. The molecular formula is C16H16ClN3O2S.